The van der Waals surface area contributed by atoms with Gasteiger partial charge in [0.15, 0.2) is 0 Å². The summed E-state index contributed by atoms with van der Waals surface area (Å²) in [5.74, 6) is -0.207. The Bertz CT molecular complexity index is 853. The van der Waals surface area contributed by atoms with Crippen molar-refractivity contribution in [1.82, 2.24) is 4.90 Å². The predicted octanol–water partition coefficient (Wildman–Crippen LogP) is 6.14. The number of carbonyl (C=O) groups is 2. The number of hydrogen-bond donors (Lipinski definition) is 0. The molecule has 2 aliphatic rings. The van der Waals surface area contributed by atoms with Crippen LogP contribution >= 0.6 is 39.9 Å². The second-order valence-electron chi connectivity index (χ2n) is 7.41. The van der Waals surface area contributed by atoms with Crippen LogP contribution < -0.4 is 4.90 Å². The molecule has 4 nitrogen and oxygen atoms in total. The normalized spacial score (nSPS) is 18.9. The molecule has 0 bridgehead atoms. The van der Waals surface area contributed by atoms with Crippen molar-refractivity contribution < 1.29 is 9.59 Å². The average Bonchev–Trinajstić information content (AvgIpc) is 3.12. The van der Waals surface area contributed by atoms with Crippen LogP contribution in [0.2, 0.25) is 0 Å². The molecule has 0 radical (unpaired) electrons. The fourth-order valence-corrected chi connectivity index (χ4v) is 5.44. The van der Waals surface area contributed by atoms with Gasteiger partial charge in [-0.05, 0) is 31.0 Å². The summed E-state index contributed by atoms with van der Waals surface area (Å²) >= 11 is 10.3. The van der Waals surface area contributed by atoms with Gasteiger partial charge in [-0.3, -0.25) is 14.5 Å². The van der Waals surface area contributed by atoms with E-state index in [9.17, 15) is 9.59 Å². The molecule has 0 aliphatic carbocycles. The van der Waals surface area contributed by atoms with E-state index in [1.54, 1.807) is 4.90 Å². The number of thiocarbonyl (C=S) groups is 1. The standard InChI is InChI=1S/C22H27BrN2O2S2/c1-3-5-7-9-12-24-17-11-10-15(23)14-16(17)18(20(24)26)19-21(27)25(22(28)29-19)13-8-6-4-2/h10-11,14H,3-9,12-13H2,1-2H3. The van der Waals surface area contributed by atoms with Crippen LogP contribution in [0.5, 0.6) is 0 Å². The van der Waals surface area contributed by atoms with Crippen molar-refractivity contribution in [2.75, 3.05) is 18.0 Å². The summed E-state index contributed by atoms with van der Waals surface area (Å²) < 4.78 is 1.45. The highest BCUT2D eigenvalue weighted by Gasteiger charge is 2.41. The van der Waals surface area contributed by atoms with Gasteiger partial charge in [0.25, 0.3) is 11.8 Å². The van der Waals surface area contributed by atoms with E-state index in [0.717, 1.165) is 54.2 Å². The van der Waals surface area contributed by atoms with Crippen LogP contribution in [-0.4, -0.2) is 34.1 Å². The van der Waals surface area contributed by atoms with Crippen LogP contribution in [0.1, 0.15) is 64.4 Å². The maximum Gasteiger partial charge on any atom is 0.267 e. The number of rotatable bonds is 9. The largest absolute Gasteiger partial charge is 0.308 e. The Kier molecular flexibility index (Phi) is 7.93. The smallest absolute Gasteiger partial charge is 0.267 e. The Morgan fingerprint density at radius 3 is 2.31 bits per heavy atom. The van der Waals surface area contributed by atoms with E-state index in [4.69, 9.17) is 12.2 Å². The third-order valence-corrected chi connectivity index (χ3v) is 7.22. The Morgan fingerprint density at radius 1 is 0.931 bits per heavy atom. The van der Waals surface area contributed by atoms with Crippen LogP contribution in [-0.2, 0) is 9.59 Å². The third kappa shape index (κ3) is 4.78. The van der Waals surface area contributed by atoms with E-state index in [1.807, 2.05) is 23.1 Å². The molecule has 0 spiro atoms. The van der Waals surface area contributed by atoms with Gasteiger partial charge in [-0.25, -0.2) is 0 Å². The lowest BCUT2D eigenvalue weighted by Gasteiger charge is -2.17. The number of halogens is 1. The molecule has 1 aromatic carbocycles. The number of nitrogens with zero attached hydrogens (tertiary/aromatic N) is 2. The first-order valence-corrected chi connectivity index (χ1v) is 12.4. The molecule has 2 aliphatic heterocycles. The highest BCUT2D eigenvalue weighted by Crippen LogP contribution is 2.45. The number of amides is 2. The van der Waals surface area contributed by atoms with Crippen LogP contribution in [0.15, 0.2) is 27.6 Å². The van der Waals surface area contributed by atoms with Gasteiger partial charge < -0.3 is 4.90 Å². The van der Waals surface area contributed by atoms with Crippen LogP contribution in [0.3, 0.4) is 0 Å². The van der Waals surface area contributed by atoms with Gasteiger partial charge in [-0.1, -0.05) is 85.9 Å². The van der Waals surface area contributed by atoms with Crippen LogP contribution in [0.4, 0.5) is 5.69 Å². The van der Waals surface area contributed by atoms with Gasteiger partial charge in [0, 0.05) is 23.1 Å². The van der Waals surface area contributed by atoms with Crippen molar-refractivity contribution >= 4 is 67.3 Å². The molecule has 156 valence electrons. The van der Waals surface area contributed by atoms with Crippen molar-refractivity contribution in [3.8, 4) is 0 Å². The zero-order valence-corrected chi connectivity index (χ0v) is 20.2. The lowest BCUT2D eigenvalue weighted by atomic mass is 10.1. The van der Waals surface area contributed by atoms with Gasteiger partial charge in [-0.15, -0.1) is 0 Å². The minimum atomic E-state index is -0.127. The summed E-state index contributed by atoms with van der Waals surface area (Å²) in [6.07, 6.45) is 7.44. The van der Waals surface area contributed by atoms with Crippen molar-refractivity contribution in [3.05, 3.63) is 33.1 Å². The summed E-state index contributed by atoms with van der Waals surface area (Å²) in [7, 11) is 0. The monoisotopic (exact) mass is 494 g/mol. The number of thioether (sulfide) groups is 1. The van der Waals surface area contributed by atoms with Crippen molar-refractivity contribution in [2.24, 2.45) is 0 Å². The number of fused-ring (bicyclic) bond motifs is 1. The number of benzene rings is 1. The Hall–Kier alpha value is -1.18. The second-order valence-corrected chi connectivity index (χ2v) is 9.97. The average molecular weight is 496 g/mol. The molecule has 0 N–H and O–H groups in total. The zero-order chi connectivity index (χ0) is 21.0. The van der Waals surface area contributed by atoms with Gasteiger partial charge in [0.2, 0.25) is 0 Å². The van der Waals surface area contributed by atoms with Gasteiger partial charge in [0.1, 0.15) is 4.32 Å². The maximum atomic E-state index is 13.4. The molecular weight excluding hydrogens is 468 g/mol. The van der Waals surface area contributed by atoms with Gasteiger partial charge in [0.05, 0.1) is 16.2 Å². The van der Waals surface area contributed by atoms with E-state index in [1.165, 1.54) is 18.2 Å². The van der Waals surface area contributed by atoms with Crippen molar-refractivity contribution in [3.63, 3.8) is 0 Å². The molecule has 3 rings (SSSR count). The lowest BCUT2D eigenvalue weighted by Crippen LogP contribution is -2.30. The number of anilines is 1. The first-order chi connectivity index (χ1) is 14.0. The van der Waals surface area contributed by atoms with E-state index in [2.05, 4.69) is 29.8 Å². The zero-order valence-electron chi connectivity index (χ0n) is 17.0. The molecule has 2 amide bonds. The second kappa shape index (κ2) is 10.2. The Labute approximate surface area is 191 Å². The van der Waals surface area contributed by atoms with Gasteiger partial charge >= 0.3 is 0 Å². The summed E-state index contributed by atoms with van der Waals surface area (Å²) in [5, 5.41) is 0. The molecule has 29 heavy (non-hydrogen) atoms. The van der Waals surface area contributed by atoms with Crippen LogP contribution in [0.25, 0.3) is 5.57 Å². The molecule has 2 heterocycles. The predicted molar refractivity (Wildman–Crippen MR) is 129 cm³/mol. The molecule has 0 unspecified atom stereocenters. The topological polar surface area (TPSA) is 40.6 Å². The van der Waals surface area contributed by atoms with Crippen molar-refractivity contribution in [1.29, 1.82) is 0 Å². The summed E-state index contributed by atoms with van der Waals surface area (Å²) in [6.45, 7) is 5.60. The fraction of sp³-hybridized carbons (Fsp3) is 0.500. The van der Waals surface area contributed by atoms with Crippen LogP contribution in [0, 0.1) is 0 Å². The molecule has 0 saturated carbocycles. The Morgan fingerprint density at radius 2 is 1.59 bits per heavy atom. The first kappa shape index (κ1) is 22.5. The minimum Gasteiger partial charge on any atom is -0.308 e. The van der Waals surface area contributed by atoms with E-state index in [0.29, 0.717) is 27.9 Å². The van der Waals surface area contributed by atoms with E-state index < -0.39 is 0 Å². The molecule has 1 saturated heterocycles. The number of hydrogen-bond acceptors (Lipinski definition) is 4. The summed E-state index contributed by atoms with van der Waals surface area (Å²) in [6, 6.07) is 5.86. The van der Waals surface area contributed by atoms with E-state index in [-0.39, 0.29) is 11.8 Å². The highest BCUT2D eigenvalue weighted by atomic mass is 79.9. The third-order valence-electron chi connectivity index (χ3n) is 5.27. The lowest BCUT2D eigenvalue weighted by molar-refractivity contribution is -0.122. The SMILES string of the molecule is CCCCCCN1C(=O)C(=C2SC(=S)N(CCCCC)C2=O)c2cc(Br)ccc21. The molecule has 7 heteroatoms. The summed E-state index contributed by atoms with van der Waals surface area (Å²) in [5.41, 5.74) is 2.22. The molecule has 0 atom stereocenters. The number of unbranched alkanes of at least 4 members (excludes halogenated alkanes) is 5. The molecule has 1 aromatic rings. The first-order valence-electron chi connectivity index (χ1n) is 10.4. The fourth-order valence-electron chi connectivity index (χ4n) is 3.70. The van der Waals surface area contributed by atoms with E-state index >= 15 is 0 Å². The molecule has 0 aromatic heterocycles. The Balaban J connectivity index is 1.92. The molecule has 1 fully saturated rings. The highest BCUT2D eigenvalue weighted by molar-refractivity contribution is 9.10. The molecular formula is C22H27BrN2O2S2. The minimum absolute atomic E-state index is 0.0799. The van der Waals surface area contributed by atoms with Gasteiger partial charge in [-0.2, -0.15) is 0 Å². The number of carbonyl (C=O) groups excluding carboxylic acids is 2. The quantitative estimate of drug-likeness (QED) is 0.235. The summed E-state index contributed by atoms with van der Waals surface area (Å²) in [4.78, 5) is 30.5. The maximum absolute atomic E-state index is 13.4. The van der Waals surface area contributed by atoms with Crippen molar-refractivity contribution in [2.45, 2.75) is 58.8 Å².